The second-order valence-corrected chi connectivity index (χ2v) is 8.13. The lowest BCUT2D eigenvalue weighted by molar-refractivity contribution is -0.126. The molecule has 1 aliphatic rings. The van der Waals surface area contributed by atoms with Crippen LogP contribution in [0.2, 0.25) is 0 Å². The van der Waals surface area contributed by atoms with E-state index in [0.717, 1.165) is 12.1 Å². The van der Waals surface area contributed by atoms with Gasteiger partial charge in [0, 0.05) is 39.8 Å². The lowest BCUT2D eigenvalue weighted by Crippen LogP contribution is -2.46. The van der Waals surface area contributed by atoms with Crippen LogP contribution in [0, 0.1) is 11.7 Å². The van der Waals surface area contributed by atoms with Crippen LogP contribution in [0.25, 0.3) is 0 Å². The number of hydrogen-bond donors (Lipinski definition) is 2. The highest BCUT2D eigenvalue weighted by molar-refractivity contribution is 7.89. The van der Waals surface area contributed by atoms with Crippen LogP contribution in [0.3, 0.4) is 0 Å². The zero-order valence-corrected chi connectivity index (χ0v) is 17.0. The lowest BCUT2D eigenvalue weighted by atomic mass is 9.99. The number of nitrogens with one attached hydrogen (secondary N) is 2. The van der Waals surface area contributed by atoms with Gasteiger partial charge in [-0.2, -0.15) is 4.31 Å². The summed E-state index contributed by atoms with van der Waals surface area (Å²) in [6.07, 6.45) is 1.27. The van der Waals surface area contributed by atoms with Crippen molar-refractivity contribution in [2.45, 2.75) is 17.7 Å². The average molecular weight is 424 g/mol. The second kappa shape index (κ2) is 11.6. The summed E-state index contributed by atoms with van der Waals surface area (Å²) in [7, 11) is -2.10. The molecule has 1 amide bonds. The first kappa shape index (κ1) is 23.8. The van der Waals surface area contributed by atoms with Crippen molar-refractivity contribution in [3.8, 4) is 0 Å². The van der Waals surface area contributed by atoms with Gasteiger partial charge in [0.2, 0.25) is 15.9 Å². The van der Waals surface area contributed by atoms with Gasteiger partial charge in [0.05, 0.1) is 17.4 Å². The van der Waals surface area contributed by atoms with Gasteiger partial charge in [-0.15, -0.1) is 12.4 Å². The van der Waals surface area contributed by atoms with Crippen molar-refractivity contribution >= 4 is 28.3 Å². The number of benzene rings is 1. The smallest absolute Gasteiger partial charge is 0.243 e. The Balaban J connectivity index is 0.00000364. The van der Waals surface area contributed by atoms with Crippen molar-refractivity contribution in [2.75, 3.05) is 46.4 Å². The molecule has 7 nitrogen and oxygen atoms in total. The Kier molecular flexibility index (Phi) is 10.2. The number of carbonyl (C=O) groups excluding carboxylic acids is 1. The monoisotopic (exact) mass is 423 g/mol. The molecule has 0 spiro atoms. The molecule has 1 unspecified atom stereocenters. The van der Waals surface area contributed by atoms with Gasteiger partial charge in [-0.3, -0.25) is 4.79 Å². The van der Waals surface area contributed by atoms with Gasteiger partial charge in [0.15, 0.2) is 0 Å². The maximum Gasteiger partial charge on any atom is 0.243 e. The fourth-order valence-electron chi connectivity index (χ4n) is 2.85. The van der Waals surface area contributed by atoms with Crippen molar-refractivity contribution in [1.29, 1.82) is 0 Å². The van der Waals surface area contributed by atoms with Crippen LogP contribution in [0.4, 0.5) is 4.39 Å². The summed E-state index contributed by atoms with van der Waals surface area (Å²) in [5, 5.41) is 5.96. The summed E-state index contributed by atoms with van der Waals surface area (Å²) in [5.41, 5.74) is 0. The Labute approximate surface area is 166 Å². The second-order valence-electron chi connectivity index (χ2n) is 6.19. The van der Waals surface area contributed by atoms with E-state index in [2.05, 4.69) is 10.6 Å². The van der Waals surface area contributed by atoms with Crippen LogP contribution < -0.4 is 10.6 Å². The fraction of sp³-hybridized carbons (Fsp3) is 0.588. The predicted molar refractivity (Wildman–Crippen MR) is 103 cm³/mol. The number of hydrogen-bond acceptors (Lipinski definition) is 5. The normalized spacial score (nSPS) is 17.9. The van der Waals surface area contributed by atoms with Crippen molar-refractivity contribution < 1.29 is 22.3 Å². The number of halogens is 2. The SMILES string of the molecule is COCCNCCNC(=O)C1CCCN(S(=O)(=O)c2ccc(F)cc2)C1.Cl. The molecule has 154 valence electrons. The number of nitrogens with zero attached hydrogens (tertiary/aromatic N) is 1. The number of sulfonamides is 1. The van der Waals surface area contributed by atoms with E-state index >= 15 is 0 Å². The third-order valence-electron chi connectivity index (χ3n) is 4.29. The van der Waals surface area contributed by atoms with Crippen LogP contribution in [0.5, 0.6) is 0 Å². The molecule has 1 aromatic rings. The Morgan fingerprint density at radius 3 is 2.63 bits per heavy atom. The number of rotatable bonds is 9. The van der Waals surface area contributed by atoms with Gasteiger partial charge in [0.25, 0.3) is 0 Å². The minimum atomic E-state index is -3.72. The molecule has 2 rings (SSSR count). The minimum Gasteiger partial charge on any atom is -0.383 e. The summed E-state index contributed by atoms with van der Waals surface area (Å²) < 4.78 is 44.6. The number of ether oxygens (including phenoxy) is 1. The summed E-state index contributed by atoms with van der Waals surface area (Å²) in [6.45, 7) is 2.92. The first-order chi connectivity index (χ1) is 12.4. The van der Waals surface area contributed by atoms with E-state index in [4.69, 9.17) is 4.74 Å². The lowest BCUT2D eigenvalue weighted by Gasteiger charge is -2.31. The molecule has 1 saturated heterocycles. The Bertz CT molecular complexity index is 688. The molecule has 10 heteroatoms. The van der Waals surface area contributed by atoms with E-state index in [1.807, 2.05) is 0 Å². The van der Waals surface area contributed by atoms with Crippen LogP contribution in [0.15, 0.2) is 29.2 Å². The van der Waals surface area contributed by atoms with Gasteiger partial charge in [-0.25, -0.2) is 12.8 Å². The molecule has 2 N–H and O–H groups in total. The molecule has 0 saturated carbocycles. The van der Waals surface area contributed by atoms with Gasteiger partial charge in [-0.1, -0.05) is 0 Å². The summed E-state index contributed by atoms with van der Waals surface area (Å²) in [6, 6.07) is 4.75. The molecule has 0 radical (unpaired) electrons. The van der Waals surface area contributed by atoms with Crippen molar-refractivity contribution in [2.24, 2.45) is 5.92 Å². The van der Waals surface area contributed by atoms with E-state index < -0.39 is 15.8 Å². The summed E-state index contributed by atoms with van der Waals surface area (Å²) in [4.78, 5) is 12.3. The zero-order chi connectivity index (χ0) is 19.0. The Hall–Kier alpha value is -1.26. The zero-order valence-electron chi connectivity index (χ0n) is 15.3. The highest BCUT2D eigenvalue weighted by Gasteiger charge is 2.33. The quantitative estimate of drug-likeness (QED) is 0.578. The summed E-state index contributed by atoms with van der Waals surface area (Å²) >= 11 is 0. The molecule has 0 bridgehead atoms. The third-order valence-corrected chi connectivity index (χ3v) is 6.17. The molecule has 0 aliphatic carbocycles. The number of piperidine rings is 1. The molecule has 0 aromatic heterocycles. The first-order valence-electron chi connectivity index (χ1n) is 8.68. The fourth-order valence-corrected chi connectivity index (χ4v) is 4.37. The molecule has 1 atom stereocenters. The highest BCUT2D eigenvalue weighted by atomic mass is 35.5. The maximum absolute atomic E-state index is 13.0. The summed E-state index contributed by atoms with van der Waals surface area (Å²) in [5.74, 6) is -1.01. The van der Waals surface area contributed by atoms with E-state index in [9.17, 15) is 17.6 Å². The van der Waals surface area contributed by atoms with E-state index in [-0.39, 0.29) is 35.7 Å². The standard InChI is InChI=1S/C17H26FN3O4S.ClH/c1-25-12-10-19-8-9-20-17(22)14-3-2-11-21(13-14)26(23,24)16-6-4-15(18)5-7-16;/h4-7,14,19H,2-3,8-13H2,1H3,(H,20,22);1H. The van der Waals surface area contributed by atoms with E-state index in [1.54, 1.807) is 7.11 Å². The molecular formula is C17H27ClFN3O4S. The van der Waals surface area contributed by atoms with Gasteiger partial charge in [0.1, 0.15) is 5.82 Å². The average Bonchev–Trinajstić information content (AvgIpc) is 2.65. The van der Waals surface area contributed by atoms with Gasteiger partial charge >= 0.3 is 0 Å². The van der Waals surface area contributed by atoms with Crippen LogP contribution in [0.1, 0.15) is 12.8 Å². The molecule has 1 heterocycles. The first-order valence-corrected chi connectivity index (χ1v) is 10.1. The molecule has 1 aliphatic heterocycles. The highest BCUT2D eigenvalue weighted by Crippen LogP contribution is 2.24. The molecule has 27 heavy (non-hydrogen) atoms. The minimum absolute atomic E-state index is 0. The van der Waals surface area contributed by atoms with Crippen molar-refractivity contribution in [3.63, 3.8) is 0 Å². The van der Waals surface area contributed by atoms with Crippen LogP contribution in [-0.4, -0.2) is 65.1 Å². The maximum atomic E-state index is 13.0. The third kappa shape index (κ3) is 7.00. The molecule has 1 aromatic carbocycles. The number of carbonyl (C=O) groups is 1. The Morgan fingerprint density at radius 1 is 1.26 bits per heavy atom. The number of amides is 1. The van der Waals surface area contributed by atoms with Gasteiger partial charge < -0.3 is 15.4 Å². The predicted octanol–water partition coefficient (Wildman–Crippen LogP) is 1.00. The van der Waals surface area contributed by atoms with Crippen LogP contribution >= 0.6 is 12.4 Å². The van der Waals surface area contributed by atoms with Crippen LogP contribution in [-0.2, 0) is 19.6 Å². The van der Waals surface area contributed by atoms with E-state index in [1.165, 1.54) is 16.4 Å². The number of methoxy groups -OCH3 is 1. The van der Waals surface area contributed by atoms with Crippen molar-refractivity contribution in [3.05, 3.63) is 30.1 Å². The van der Waals surface area contributed by atoms with Gasteiger partial charge in [-0.05, 0) is 37.1 Å². The topological polar surface area (TPSA) is 87.7 Å². The van der Waals surface area contributed by atoms with E-state index in [0.29, 0.717) is 45.6 Å². The molecule has 1 fully saturated rings. The Morgan fingerprint density at radius 2 is 1.96 bits per heavy atom. The molecular weight excluding hydrogens is 397 g/mol. The van der Waals surface area contributed by atoms with Crippen molar-refractivity contribution in [1.82, 2.24) is 14.9 Å². The largest absolute Gasteiger partial charge is 0.383 e.